The fourth-order valence-electron chi connectivity index (χ4n) is 4.80. The van der Waals surface area contributed by atoms with E-state index in [1.165, 1.54) is 0 Å². The summed E-state index contributed by atoms with van der Waals surface area (Å²) in [5, 5.41) is 1.31. The largest absolute Gasteiger partial charge is 0.496 e. The minimum Gasteiger partial charge on any atom is -0.496 e. The molecule has 1 N–H and O–H groups in total. The van der Waals surface area contributed by atoms with E-state index in [1.807, 2.05) is 44.3 Å². The number of hydrogen-bond acceptors (Lipinski definition) is 7. The second kappa shape index (κ2) is 10.5. The number of aliphatic imine (C=N–C) groups is 1. The summed E-state index contributed by atoms with van der Waals surface area (Å²) in [7, 11) is 0.867. The molecule has 1 heterocycles. The Morgan fingerprint density at radius 1 is 0.795 bits per heavy atom. The van der Waals surface area contributed by atoms with Crippen LogP contribution < -0.4 is 23.7 Å². The fourth-order valence-corrected chi connectivity index (χ4v) is 6.06. The van der Waals surface area contributed by atoms with Crippen molar-refractivity contribution in [1.82, 2.24) is 0 Å². The summed E-state index contributed by atoms with van der Waals surface area (Å²) in [6.45, 7) is 3.91. The summed E-state index contributed by atoms with van der Waals surface area (Å²) in [6.07, 6.45) is 1.54. The Hall–Kier alpha value is -4.24. The summed E-state index contributed by atoms with van der Waals surface area (Å²) in [5.41, 5.74) is 2.86. The Kier molecular flexibility index (Phi) is 7.10. The molecular formula is C30H30N2O6S. The molecule has 0 radical (unpaired) electrons. The van der Waals surface area contributed by atoms with Gasteiger partial charge in [-0.2, -0.15) is 0 Å². The first-order valence-corrected chi connectivity index (χ1v) is 13.9. The quantitative estimate of drug-likeness (QED) is 0.273. The van der Waals surface area contributed by atoms with Gasteiger partial charge in [-0.05, 0) is 48.9 Å². The van der Waals surface area contributed by atoms with Gasteiger partial charge in [-0.3, -0.25) is 9.71 Å². The van der Waals surface area contributed by atoms with Crippen LogP contribution in [0.2, 0.25) is 0 Å². The highest BCUT2D eigenvalue weighted by Crippen LogP contribution is 2.44. The van der Waals surface area contributed by atoms with Gasteiger partial charge >= 0.3 is 0 Å². The number of benzene rings is 4. The van der Waals surface area contributed by atoms with Crippen LogP contribution >= 0.6 is 0 Å². The third-order valence-corrected chi connectivity index (χ3v) is 8.24. The normalized spacial score (nSPS) is 16.4. The van der Waals surface area contributed by atoms with Crippen molar-refractivity contribution in [3.63, 3.8) is 0 Å². The van der Waals surface area contributed by atoms with Gasteiger partial charge in [0.1, 0.15) is 17.6 Å². The molecule has 0 saturated heterocycles. The van der Waals surface area contributed by atoms with Crippen LogP contribution in [-0.2, 0) is 10.0 Å². The van der Waals surface area contributed by atoms with Crippen LogP contribution in [0.1, 0.15) is 24.2 Å². The number of hydrogen-bond donors (Lipinski definition) is 1. The lowest BCUT2D eigenvalue weighted by Crippen LogP contribution is -2.21. The van der Waals surface area contributed by atoms with E-state index < -0.39 is 10.0 Å². The highest BCUT2D eigenvalue weighted by molar-refractivity contribution is 7.93. The van der Waals surface area contributed by atoms with E-state index in [9.17, 15) is 8.42 Å². The molecule has 5 rings (SSSR count). The van der Waals surface area contributed by atoms with Crippen LogP contribution in [0.4, 0.5) is 11.4 Å². The molecule has 202 valence electrons. The number of aryl methyl sites for hydroxylation is 1. The predicted octanol–water partition coefficient (Wildman–Crippen LogP) is 6.45. The van der Waals surface area contributed by atoms with Gasteiger partial charge in [0.25, 0.3) is 10.0 Å². The maximum Gasteiger partial charge on any atom is 0.262 e. The fraction of sp³-hybridized carbons (Fsp3) is 0.233. The van der Waals surface area contributed by atoms with Crippen molar-refractivity contribution in [2.45, 2.75) is 24.8 Å². The van der Waals surface area contributed by atoms with Gasteiger partial charge in [0.05, 0.1) is 31.9 Å². The van der Waals surface area contributed by atoms with Crippen molar-refractivity contribution >= 4 is 38.4 Å². The SMILES string of the molecule is COc1cc2c(cc1OC)C(Oc1ccc(NS(=O)(=O)c3ccc(OC)c4ccccc34)cc1C)C(C)C=N2. The molecule has 8 nitrogen and oxygen atoms in total. The maximum atomic E-state index is 13.4. The van der Waals surface area contributed by atoms with Crippen molar-refractivity contribution < 1.29 is 27.4 Å². The molecule has 1 aliphatic rings. The van der Waals surface area contributed by atoms with Crippen molar-refractivity contribution in [3.8, 4) is 23.0 Å². The number of anilines is 1. The molecule has 4 aromatic carbocycles. The van der Waals surface area contributed by atoms with Crippen LogP contribution in [0.15, 0.2) is 76.6 Å². The molecule has 0 bridgehead atoms. The topological polar surface area (TPSA) is 95.5 Å². The lowest BCUT2D eigenvalue weighted by atomic mass is 9.93. The molecule has 0 saturated carbocycles. The molecule has 0 aliphatic carbocycles. The first-order chi connectivity index (χ1) is 18.7. The Morgan fingerprint density at radius 3 is 2.15 bits per heavy atom. The van der Waals surface area contributed by atoms with E-state index in [2.05, 4.69) is 9.71 Å². The lowest BCUT2D eigenvalue weighted by molar-refractivity contribution is 0.174. The third-order valence-electron chi connectivity index (χ3n) is 6.80. The van der Waals surface area contributed by atoms with Crippen molar-refractivity contribution in [3.05, 3.63) is 77.9 Å². The van der Waals surface area contributed by atoms with E-state index in [0.717, 1.165) is 22.2 Å². The predicted molar refractivity (Wildman–Crippen MR) is 153 cm³/mol. The third kappa shape index (κ3) is 4.97. The Labute approximate surface area is 228 Å². The van der Waals surface area contributed by atoms with E-state index in [0.29, 0.717) is 34.1 Å². The van der Waals surface area contributed by atoms with Gasteiger partial charge in [-0.15, -0.1) is 0 Å². The monoisotopic (exact) mass is 546 g/mol. The highest BCUT2D eigenvalue weighted by Gasteiger charge is 2.29. The summed E-state index contributed by atoms with van der Waals surface area (Å²) >= 11 is 0. The molecule has 0 spiro atoms. The molecule has 2 unspecified atom stereocenters. The van der Waals surface area contributed by atoms with Gasteiger partial charge in [-0.25, -0.2) is 8.42 Å². The van der Waals surface area contributed by atoms with Gasteiger partial charge in [-0.1, -0.05) is 31.2 Å². The van der Waals surface area contributed by atoms with E-state index in [4.69, 9.17) is 18.9 Å². The van der Waals surface area contributed by atoms with Gasteiger partial charge in [0, 0.05) is 40.2 Å². The number of methoxy groups -OCH3 is 3. The van der Waals surface area contributed by atoms with Crippen LogP contribution in [0, 0.1) is 12.8 Å². The zero-order chi connectivity index (χ0) is 27.7. The number of fused-ring (bicyclic) bond motifs is 2. The number of rotatable bonds is 8. The van der Waals surface area contributed by atoms with Gasteiger partial charge in [0.2, 0.25) is 0 Å². The Bertz CT molecular complexity index is 1680. The number of sulfonamides is 1. The lowest BCUT2D eigenvalue weighted by Gasteiger charge is -2.29. The van der Waals surface area contributed by atoms with Gasteiger partial charge in [0.15, 0.2) is 11.5 Å². The first-order valence-electron chi connectivity index (χ1n) is 12.4. The Balaban J connectivity index is 1.42. The molecule has 0 aromatic heterocycles. The molecular weight excluding hydrogens is 516 g/mol. The minimum absolute atomic E-state index is 0.00321. The average molecular weight is 547 g/mol. The molecule has 4 aromatic rings. The van der Waals surface area contributed by atoms with Crippen molar-refractivity contribution in [1.29, 1.82) is 0 Å². The number of nitrogens with one attached hydrogen (secondary N) is 1. The molecule has 39 heavy (non-hydrogen) atoms. The smallest absolute Gasteiger partial charge is 0.262 e. The Morgan fingerprint density at radius 2 is 1.46 bits per heavy atom. The summed E-state index contributed by atoms with van der Waals surface area (Å²) < 4.78 is 52.3. The molecule has 1 aliphatic heterocycles. The van der Waals surface area contributed by atoms with Crippen LogP contribution in [0.3, 0.4) is 0 Å². The standard InChI is InChI=1S/C30H30N2O6S/c1-18-14-20(32-39(33,34)29-13-12-26(35-3)21-8-6-7-9-22(21)29)10-11-25(18)38-30-19(2)17-31-24-16-28(37-5)27(36-4)15-23(24)30/h6-17,19,30,32H,1-5H3. The maximum absolute atomic E-state index is 13.4. The average Bonchev–Trinajstić information content (AvgIpc) is 2.94. The highest BCUT2D eigenvalue weighted by atomic mass is 32.2. The van der Waals surface area contributed by atoms with Crippen LogP contribution in [-0.4, -0.2) is 36.0 Å². The van der Waals surface area contributed by atoms with Crippen molar-refractivity contribution in [2.24, 2.45) is 10.9 Å². The van der Waals surface area contributed by atoms with Crippen molar-refractivity contribution in [2.75, 3.05) is 26.1 Å². The van der Waals surface area contributed by atoms with E-state index in [-0.39, 0.29) is 16.9 Å². The molecule has 0 amide bonds. The second-order valence-corrected chi connectivity index (χ2v) is 11.0. The summed E-state index contributed by atoms with van der Waals surface area (Å²) in [6, 6.07) is 19.4. The minimum atomic E-state index is -3.87. The molecule has 9 heteroatoms. The summed E-state index contributed by atoms with van der Waals surface area (Å²) in [5.74, 6) is 2.44. The van der Waals surface area contributed by atoms with Gasteiger partial charge < -0.3 is 18.9 Å². The number of nitrogens with zero attached hydrogens (tertiary/aromatic N) is 1. The van der Waals surface area contributed by atoms with E-state index in [1.54, 1.807) is 63.8 Å². The van der Waals surface area contributed by atoms with Crippen LogP contribution in [0.5, 0.6) is 23.0 Å². The first kappa shape index (κ1) is 26.4. The molecule has 0 fully saturated rings. The zero-order valence-electron chi connectivity index (χ0n) is 22.4. The number of ether oxygens (including phenoxy) is 4. The van der Waals surface area contributed by atoms with E-state index >= 15 is 0 Å². The molecule has 2 atom stereocenters. The zero-order valence-corrected chi connectivity index (χ0v) is 23.2. The second-order valence-electron chi connectivity index (χ2n) is 9.34. The summed E-state index contributed by atoms with van der Waals surface area (Å²) in [4.78, 5) is 4.74. The van der Waals surface area contributed by atoms with Crippen LogP contribution in [0.25, 0.3) is 10.8 Å².